The average Bonchev–Trinajstić information content (AvgIpc) is 3.06. The standard InChI is InChI=1S/C18H18N2O4/c19-17(21)10-20-18(22)9-14(12-4-2-1-3-5-12)13-6-7-15-16(8-13)24-11-23-15/h1-8,14H,9-11H2,(H2,19,21)(H,20,22). The van der Waals surface area contributed by atoms with Gasteiger partial charge in [0.1, 0.15) is 0 Å². The molecule has 0 fully saturated rings. The molecule has 1 aliphatic heterocycles. The summed E-state index contributed by atoms with van der Waals surface area (Å²) in [6.45, 7) is 0.0371. The van der Waals surface area contributed by atoms with Gasteiger partial charge in [-0.2, -0.15) is 0 Å². The minimum atomic E-state index is -0.567. The summed E-state index contributed by atoms with van der Waals surface area (Å²) in [5.41, 5.74) is 7.02. The minimum Gasteiger partial charge on any atom is -0.454 e. The second-order valence-corrected chi connectivity index (χ2v) is 5.52. The Hall–Kier alpha value is -3.02. The van der Waals surface area contributed by atoms with Gasteiger partial charge in [-0.05, 0) is 23.3 Å². The molecule has 24 heavy (non-hydrogen) atoms. The quantitative estimate of drug-likeness (QED) is 0.842. The van der Waals surface area contributed by atoms with E-state index in [1.165, 1.54) is 0 Å². The van der Waals surface area contributed by atoms with Gasteiger partial charge in [-0.25, -0.2) is 0 Å². The van der Waals surface area contributed by atoms with E-state index in [2.05, 4.69) is 5.32 Å². The van der Waals surface area contributed by atoms with E-state index in [9.17, 15) is 9.59 Å². The molecule has 2 amide bonds. The molecule has 1 unspecified atom stereocenters. The fourth-order valence-electron chi connectivity index (χ4n) is 2.69. The molecule has 0 spiro atoms. The number of benzene rings is 2. The van der Waals surface area contributed by atoms with Gasteiger partial charge >= 0.3 is 0 Å². The summed E-state index contributed by atoms with van der Waals surface area (Å²) in [5, 5.41) is 2.54. The number of hydrogen-bond acceptors (Lipinski definition) is 4. The number of hydrogen-bond donors (Lipinski definition) is 2. The van der Waals surface area contributed by atoms with Crippen LogP contribution < -0.4 is 20.5 Å². The predicted molar refractivity (Wildman–Crippen MR) is 87.7 cm³/mol. The Kier molecular flexibility index (Phi) is 4.65. The highest BCUT2D eigenvalue weighted by Crippen LogP contribution is 2.37. The lowest BCUT2D eigenvalue weighted by Crippen LogP contribution is -2.34. The lowest BCUT2D eigenvalue weighted by molar-refractivity contribution is -0.124. The van der Waals surface area contributed by atoms with E-state index in [4.69, 9.17) is 15.2 Å². The van der Waals surface area contributed by atoms with Crippen molar-refractivity contribution in [2.45, 2.75) is 12.3 Å². The molecule has 0 saturated heterocycles. The van der Waals surface area contributed by atoms with Gasteiger partial charge < -0.3 is 20.5 Å². The van der Waals surface area contributed by atoms with Crippen molar-refractivity contribution < 1.29 is 19.1 Å². The Balaban J connectivity index is 1.85. The molecule has 0 bridgehead atoms. The summed E-state index contributed by atoms with van der Waals surface area (Å²) in [6.07, 6.45) is 0.205. The van der Waals surface area contributed by atoms with Crippen LogP contribution in [-0.4, -0.2) is 25.2 Å². The van der Waals surface area contributed by atoms with Crippen LogP contribution >= 0.6 is 0 Å². The smallest absolute Gasteiger partial charge is 0.236 e. The first-order valence-electron chi connectivity index (χ1n) is 7.63. The molecule has 1 heterocycles. The van der Waals surface area contributed by atoms with Crippen molar-refractivity contribution in [2.75, 3.05) is 13.3 Å². The summed E-state index contributed by atoms with van der Waals surface area (Å²) >= 11 is 0. The summed E-state index contributed by atoms with van der Waals surface area (Å²) in [6, 6.07) is 15.4. The highest BCUT2D eigenvalue weighted by molar-refractivity contribution is 5.84. The molecular weight excluding hydrogens is 308 g/mol. The topological polar surface area (TPSA) is 90.7 Å². The van der Waals surface area contributed by atoms with Crippen LogP contribution in [0.5, 0.6) is 11.5 Å². The second-order valence-electron chi connectivity index (χ2n) is 5.52. The number of nitrogens with two attached hydrogens (primary N) is 1. The molecule has 0 aromatic heterocycles. The number of primary amides is 1. The Morgan fingerprint density at radius 1 is 1.04 bits per heavy atom. The number of rotatable bonds is 6. The van der Waals surface area contributed by atoms with Crippen LogP contribution in [0.1, 0.15) is 23.5 Å². The van der Waals surface area contributed by atoms with Gasteiger partial charge in [0.05, 0.1) is 6.54 Å². The van der Waals surface area contributed by atoms with Crippen LogP contribution in [0.4, 0.5) is 0 Å². The summed E-state index contributed by atoms with van der Waals surface area (Å²) < 4.78 is 10.8. The number of amides is 2. The van der Waals surface area contributed by atoms with Crippen molar-refractivity contribution in [1.82, 2.24) is 5.32 Å². The number of ether oxygens (including phenoxy) is 2. The first-order chi connectivity index (χ1) is 11.6. The van der Waals surface area contributed by atoms with Gasteiger partial charge in [0, 0.05) is 12.3 Å². The first-order valence-corrected chi connectivity index (χ1v) is 7.63. The zero-order valence-electron chi connectivity index (χ0n) is 13.0. The molecule has 124 valence electrons. The van der Waals surface area contributed by atoms with Crippen LogP contribution in [0.15, 0.2) is 48.5 Å². The van der Waals surface area contributed by atoms with Crippen molar-refractivity contribution in [2.24, 2.45) is 5.73 Å². The lowest BCUT2D eigenvalue weighted by atomic mass is 9.88. The molecule has 3 rings (SSSR count). The van der Waals surface area contributed by atoms with Crippen LogP contribution in [0.2, 0.25) is 0 Å². The van der Waals surface area contributed by atoms with E-state index in [1.807, 2.05) is 48.5 Å². The van der Waals surface area contributed by atoms with E-state index in [1.54, 1.807) is 0 Å². The Bertz CT molecular complexity index is 746. The van der Waals surface area contributed by atoms with E-state index >= 15 is 0 Å². The lowest BCUT2D eigenvalue weighted by Gasteiger charge is -2.18. The summed E-state index contributed by atoms with van der Waals surface area (Å²) in [7, 11) is 0. The highest BCUT2D eigenvalue weighted by Gasteiger charge is 2.22. The van der Waals surface area contributed by atoms with Crippen molar-refractivity contribution in [1.29, 1.82) is 0 Å². The molecule has 0 saturated carbocycles. The molecule has 2 aromatic rings. The molecule has 1 aliphatic rings. The fraction of sp³-hybridized carbons (Fsp3) is 0.222. The third-order valence-corrected chi connectivity index (χ3v) is 3.85. The van der Waals surface area contributed by atoms with Gasteiger partial charge in [-0.3, -0.25) is 9.59 Å². The largest absolute Gasteiger partial charge is 0.454 e. The summed E-state index contributed by atoms with van der Waals surface area (Å²) in [5.74, 6) is 0.409. The monoisotopic (exact) mass is 326 g/mol. The van der Waals surface area contributed by atoms with Crippen LogP contribution in [0, 0.1) is 0 Å². The zero-order chi connectivity index (χ0) is 16.9. The first kappa shape index (κ1) is 15.9. The molecule has 3 N–H and O–H groups in total. The number of carbonyl (C=O) groups excluding carboxylic acids is 2. The van der Waals surface area contributed by atoms with Gasteiger partial charge in [0.25, 0.3) is 0 Å². The third-order valence-electron chi connectivity index (χ3n) is 3.85. The average molecular weight is 326 g/mol. The van der Waals surface area contributed by atoms with Gasteiger partial charge in [-0.1, -0.05) is 36.4 Å². The Labute approximate surface area is 139 Å². The Morgan fingerprint density at radius 3 is 2.54 bits per heavy atom. The molecule has 6 heteroatoms. The van der Waals surface area contributed by atoms with E-state index in [0.717, 1.165) is 11.1 Å². The van der Waals surface area contributed by atoms with Crippen LogP contribution in [-0.2, 0) is 9.59 Å². The number of nitrogens with one attached hydrogen (secondary N) is 1. The number of carbonyl (C=O) groups is 2. The zero-order valence-corrected chi connectivity index (χ0v) is 13.0. The third kappa shape index (κ3) is 3.65. The normalized spacial score (nSPS) is 13.3. The van der Waals surface area contributed by atoms with E-state index in [0.29, 0.717) is 11.5 Å². The number of fused-ring (bicyclic) bond motifs is 1. The van der Waals surface area contributed by atoms with Crippen molar-refractivity contribution in [3.8, 4) is 11.5 Å². The maximum atomic E-state index is 12.2. The molecular formula is C18H18N2O4. The summed E-state index contributed by atoms with van der Waals surface area (Å²) in [4.78, 5) is 23.0. The van der Waals surface area contributed by atoms with Gasteiger partial charge in [-0.15, -0.1) is 0 Å². The van der Waals surface area contributed by atoms with Crippen molar-refractivity contribution >= 4 is 11.8 Å². The maximum Gasteiger partial charge on any atom is 0.236 e. The molecule has 0 aliphatic carbocycles. The Morgan fingerprint density at radius 2 is 1.79 bits per heavy atom. The van der Waals surface area contributed by atoms with E-state index < -0.39 is 5.91 Å². The van der Waals surface area contributed by atoms with Gasteiger partial charge in [0.15, 0.2) is 11.5 Å². The molecule has 1 atom stereocenters. The molecule has 0 radical (unpaired) electrons. The maximum absolute atomic E-state index is 12.2. The molecule has 6 nitrogen and oxygen atoms in total. The van der Waals surface area contributed by atoms with Crippen molar-refractivity contribution in [3.05, 3.63) is 59.7 Å². The minimum absolute atomic E-state index is 0.159. The van der Waals surface area contributed by atoms with Crippen LogP contribution in [0.25, 0.3) is 0 Å². The van der Waals surface area contributed by atoms with Crippen LogP contribution in [0.3, 0.4) is 0 Å². The second kappa shape index (κ2) is 7.04. The van der Waals surface area contributed by atoms with E-state index in [-0.39, 0.29) is 31.6 Å². The van der Waals surface area contributed by atoms with Gasteiger partial charge in [0.2, 0.25) is 18.6 Å². The fourth-order valence-corrected chi connectivity index (χ4v) is 2.69. The molecule has 2 aromatic carbocycles. The van der Waals surface area contributed by atoms with Crippen molar-refractivity contribution in [3.63, 3.8) is 0 Å². The SMILES string of the molecule is NC(=O)CNC(=O)CC(c1ccccc1)c1ccc2c(c1)OCO2. The predicted octanol–water partition coefficient (Wildman–Crippen LogP) is 1.54. The highest BCUT2D eigenvalue weighted by atomic mass is 16.7.